The molecule has 1 aliphatic rings. The van der Waals surface area contributed by atoms with Gasteiger partial charge in [-0.3, -0.25) is 19.9 Å². The molecule has 3 amide bonds. The molecule has 1 aliphatic heterocycles. The first kappa shape index (κ1) is 17.4. The van der Waals surface area contributed by atoms with Crippen LogP contribution in [0.1, 0.15) is 17.5 Å². The summed E-state index contributed by atoms with van der Waals surface area (Å²) in [6.45, 7) is -0.0437. The van der Waals surface area contributed by atoms with Crippen molar-refractivity contribution in [3.05, 3.63) is 35.4 Å². The zero-order valence-corrected chi connectivity index (χ0v) is 12.9. The number of hydrogen-bond acceptors (Lipinski definition) is 5. The summed E-state index contributed by atoms with van der Waals surface area (Å²) < 4.78 is 0. The third-order valence-corrected chi connectivity index (χ3v) is 3.79. The molecule has 1 aromatic rings. The summed E-state index contributed by atoms with van der Waals surface area (Å²) >= 11 is 0. The summed E-state index contributed by atoms with van der Waals surface area (Å²) in [4.78, 5) is 35.8. The van der Waals surface area contributed by atoms with Crippen molar-refractivity contribution in [2.45, 2.75) is 24.9 Å². The number of nitrogens with zero attached hydrogens (tertiary/aromatic N) is 1. The van der Waals surface area contributed by atoms with Crippen molar-refractivity contribution in [1.29, 1.82) is 5.41 Å². The lowest BCUT2D eigenvalue weighted by Gasteiger charge is -2.14. The van der Waals surface area contributed by atoms with Crippen molar-refractivity contribution in [1.82, 2.24) is 10.2 Å². The number of nitrogens with two attached hydrogens (primary N) is 2. The van der Waals surface area contributed by atoms with Crippen LogP contribution in [-0.2, 0) is 16.0 Å². The molecule has 9 nitrogen and oxygen atoms in total. The molecule has 2 unspecified atom stereocenters. The molecule has 0 bridgehead atoms. The fourth-order valence-electron chi connectivity index (χ4n) is 2.37. The number of hydrogen-bond donors (Lipinski definition) is 5. The first-order valence-corrected chi connectivity index (χ1v) is 7.33. The molecule has 0 saturated carbocycles. The largest absolute Gasteiger partial charge is 0.480 e. The lowest BCUT2D eigenvalue weighted by molar-refractivity contribution is -0.139. The maximum atomic E-state index is 12.3. The van der Waals surface area contributed by atoms with Gasteiger partial charge in [0.15, 0.2) is 0 Å². The van der Waals surface area contributed by atoms with Gasteiger partial charge in [0.1, 0.15) is 17.9 Å². The van der Waals surface area contributed by atoms with Crippen LogP contribution in [0.2, 0.25) is 0 Å². The van der Waals surface area contributed by atoms with E-state index in [1.54, 1.807) is 24.3 Å². The highest BCUT2D eigenvalue weighted by Crippen LogP contribution is 2.14. The Kier molecular flexibility index (Phi) is 5.14. The number of carboxylic acid groups (broad SMARTS) is 1. The van der Waals surface area contributed by atoms with Gasteiger partial charge in [-0.05, 0) is 12.0 Å². The smallest absolute Gasteiger partial charge is 0.324 e. The molecular formula is C15H19N5O4. The minimum Gasteiger partial charge on any atom is -0.480 e. The van der Waals surface area contributed by atoms with Crippen LogP contribution in [0, 0.1) is 5.41 Å². The Bertz CT molecular complexity index is 673. The van der Waals surface area contributed by atoms with E-state index in [0.717, 1.165) is 10.5 Å². The second kappa shape index (κ2) is 7.09. The van der Waals surface area contributed by atoms with E-state index in [0.29, 0.717) is 12.0 Å². The van der Waals surface area contributed by atoms with Gasteiger partial charge in [0.2, 0.25) is 0 Å². The minimum absolute atomic E-state index is 0.00543. The van der Waals surface area contributed by atoms with Crippen LogP contribution < -0.4 is 16.8 Å². The van der Waals surface area contributed by atoms with E-state index in [1.807, 2.05) is 0 Å². The fraction of sp³-hybridized carbons (Fsp3) is 0.333. The minimum atomic E-state index is -1.18. The number of rotatable bonds is 7. The molecule has 1 saturated heterocycles. The quantitative estimate of drug-likeness (QED) is 0.250. The summed E-state index contributed by atoms with van der Waals surface area (Å²) in [5.41, 5.74) is 12.1. The van der Waals surface area contributed by atoms with Crippen LogP contribution in [-0.4, -0.2) is 52.4 Å². The van der Waals surface area contributed by atoms with Crippen LogP contribution in [0.25, 0.3) is 0 Å². The van der Waals surface area contributed by atoms with E-state index in [-0.39, 0.29) is 18.8 Å². The van der Waals surface area contributed by atoms with Crippen LogP contribution in [0.3, 0.4) is 0 Å². The Balaban J connectivity index is 1.97. The topological polar surface area (TPSA) is 163 Å². The van der Waals surface area contributed by atoms with Gasteiger partial charge in [-0.25, -0.2) is 4.79 Å². The molecule has 9 heteroatoms. The third-order valence-electron chi connectivity index (χ3n) is 3.79. The first-order chi connectivity index (χ1) is 11.3. The number of carbonyl (C=O) groups excluding carboxylic acids is 2. The third kappa shape index (κ3) is 3.87. The summed E-state index contributed by atoms with van der Waals surface area (Å²) in [7, 11) is 0. The second-order valence-corrected chi connectivity index (χ2v) is 5.54. The summed E-state index contributed by atoms with van der Waals surface area (Å²) in [5, 5.41) is 18.7. The van der Waals surface area contributed by atoms with Gasteiger partial charge in [0, 0.05) is 18.5 Å². The molecule has 0 aliphatic carbocycles. The summed E-state index contributed by atoms with van der Waals surface area (Å²) in [6, 6.07) is 4.43. The Labute approximate surface area is 138 Å². The molecule has 1 fully saturated rings. The van der Waals surface area contributed by atoms with Crippen molar-refractivity contribution < 1.29 is 19.5 Å². The van der Waals surface area contributed by atoms with Gasteiger partial charge in [-0.15, -0.1) is 0 Å². The predicted octanol–water partition coefficient (Wildman–Crippen LogP) is -0.764. The van der Waals surface area contributed by atoms with Gasteiger partial charge in [-0.2, -0.15) is 0 Å². The number of benzene rings is 1. The van der Waals surface area contributed by atoms with Crippen molar-refractivity contribution in [2.75, 3.05) is 6.54 Å². The van der Waals surface area contributed by atoms with E-state index >= 15 is 0 Å². The number of carbonyl (C=O) groups is 3. The van der Waals surface area contributed by atoms with Gasteiger partial charge < -0.3 is 21.9 Å². The highest BCUT2D eigenvalue weighted by atomic mass is 16.4. The van der Waals surface area contributed by atoms with Crippen LogP contribution in [0.4, 0.5) is 4.79 Å². The van der Waals surface area contributed by atoms with Crippen molar-refractivity contribution >= 4 is 23.7 Å². The summed E-state index contributed by atoms with van der Waals surface area (Å²) in [5.74, 6) is -1.63. The number of aliphatic carboxylic acids is 1. The molecule has 7 N–H and O–H groups in total. The Morgan fingerprint density at radius 1 is 1.33 bits per heavy atom. The number of nitrogen functional groups attached to an aromatic ring is 1. The van der Waals surface area contributed by atoms with Crippen molar-refractivity contribution in [2.24, 2.45) is 11.5 Å². The van der Waals surface area contributed by atoms with Crippen molar-refractivity contribution in [3.63, 3.8) is 0 Å². The Hall–Kier alpha value is -2.94. The normalized spacial score (nSPS) is 18.4. The maximum Gasteiger partial charge on any atom is 0.324 e. The van der Waals surface area contributed by atoms with Gasteiger partial charge in [0.05, 0.1) is 0 Å². The monoisotopic (exact) mass is 333 g/mol. The number of carboxylic acids is 1. The highest BCUT2D eigenvalue weighted by Gasteiger charge is 2.37. The number of amidine groups is 1. The lowest BCUT2D eigenvalue weighted by Crippen LogP contribution is -2.38. The molecule has 24 heavy (non-hydrogen) atoms. The predicted molar refractivity (Wildman–Crippen MR) is 85.4 cm³/mol. The zero-order chi connectivity index (χ0) is 17.9. The molecule has 128 valence electrons. The maximum absolute atomic E-state index is 12.3. The second-order valence-electron chi connectivity index (χ2n) is 5.54. The van der Waals surface area contributed by atoms with E-state index in [9.17, 15) is 14.4 Å². The number of amides is 3. The van der Waals surface area contributed by atoms with E-state index in [1.165, 1.54) is 0 Å². The molecule has 1 aromatic carbocycles. The Morgan fingerprint density at radius 2 is 1.96 bits per heavy atom. The van der Waals surface area contributed by atoms with Gasteiger partial charge in [-0.1, -0.05) is 24.3 Å². The fourth-order valence-corrected chi connectivity index (χ4v) is 2.37. The Morgan fingerprint density at radius 3 is 2.50 bits per heavy atom. The average molecular weight is 333 g/mol. The van der Waals surface area contributed by atoms with E-state index in [2.05, 4.69) is 5.32 Å². The molecule has 0 spiro atoms. The number of urea groups is 1. The van der Waals surface area contributed by atoms with Crippen LogP contribution >= 0.6 is 0 Å². The SMILES string of the molecule is N=C(N)c1ccc(CC2NC(=O)N(CCC(N)C(=O)O)C2=O)cc1. The molecule has 0 aromatic heterocycles. The van der Waals surface area contributed by atoms with Gasteiger partial charge >= 0.3 is 12.0 Å². The average Bonchev–Trinajstić information content (AvgIpc) is 2.79. The van der Waals surface area contributed by atoms with Crippen molar-refractivity contribution in [3.8, 4) is 0 Å². The molecule has 2 atom stereocenters. The zero-order valence-electron chi connectivity index (χ0n) is 12.9. The highest BCUT2D eigenvalue weighted by molar-refractivity contribution is 6.04. The van der Waals surface area contributed by atoms with Crippen LogP contribution in [0.5, 0.6) is 0 Å². The molecule has 0 radical (unpaired) electrons. The standard InChI is InChI=1S/C15H19N5O4/c16-10(14(22)23)5-6-20-13(21)11(19-15(20)24)7-8-1-3-9(4-2-8)12(17)18/h1-4,10-11H,5-7,16H2,(H3,17,18)(H,19,24)(H,22,23). The van der Waals surface area contributed by atoms with E-state index in [4.69, 9.17) is 22.0 Å². The molecular weight excluding hydrogens is 314 g/mol. The number of imide groups is 1. The first-order valence-electron chi connectivity index (χ1n) is 7.33. The molecule has 1 heterocycles. The van der Waals surface area contributed by atoms with Crippen LogP contribution in [0.15, 0.2) is 24.3 Å². The summed E-state index contributed by atoms with van der Waals surface area (Å²) in [6.07, 6.45) is 0.290. The lowest BCUT2D eigenvalue weighted by atomic mass is 10.0. The number of nitrogens with one attached hydrogen (secondary N) is 2. The van der Waals surface area contributed by atoms with Gasteiger partial charge in [0.25, 0.3) is 5.91 Å². The van der Waals surface area contributed by atoms with E-state index < -0.39 is 30.0 Å². The molecule has 2 rings (SSSR count).